The minimum absolute atomic E-state index is 0. The summed E-state index contributed by atoms with van der Waals surface area (Å²) in [6.07, 6.45) is 8.04. The van der Waals surface area contributed by atoms with E-state index in [1.165, 1.54) is 54.9 Å². The molecular weight excluding hydrogens is 1890 g/mol. The van der Waals surface area contributed by atoms with Crippen molar-refractivity contribution in [1.82, 2.24) is 58.1 Å². The van der Waals surface area contributed by atoms with Crippen molar-refractivity contribution < 1.29 is 74.0 Å². The number of aromatic nitrogens is 7. The van der Waals surface area contributed by atoms with Gasteiger partial charge in [0.25, 0.3) is 59.3 Å². The maximum atomic E-state index is 13.4. The lowest BCUT2D eigenvalue weighted by molar-refractivity contribution is 0.0382. The van der Waals surface area contributed by atoms with E-state index in [2.05, 4.69) is 155 Å². The molecule has 5 atom stereocenters. The van der Waals surface area contributed by atoms with Gasteiger partial charge in [-0.25, -0.2) is 65.6 Å². The third-order valence-electron chi connectivity index (χ3n) is 26.6. The molecule has 0 spiro atoms. The second-order valence-electron chi connectivity index (χ2n) is 41.7. The third-order valence-corrected chi connectivity index (χ3v) is 32.0. The van der Waals surface area contributed by atoms with Gasteiger partial charge in [0.15, 0.2) is 9.92 Å². The minimum Gasteiger partial charge on any atom is -0.507 e. The number of aliphatic hydroxyl groups excluding tert-OH is 1. The van der Waals surface area contributed by atoms with E-state index >= 15 is 0 Å². The van der Waals surface area contributed by atoms with E-state index in [9.17, 15) is 67.9 Å². The van der Waals surface area contributed by atoms with Crippen LogP contribution in [0.2, 0.25) is 0 Å². The molecule has 2 unspecified atom stereocenters. The number of nitrogens with one attached hydrogen (secondary N) is 5. The summed E-state index contributed by atoms with van der Waals surface area (Å²) < 4.78 is 124. The number of anilines is 6. The van der Waals surface area contributed by atoms with Gasteiger partial charge in [0.05, 0.1) is 52.0 Å². The summed E-state index contributed by atoms with van der Waals surface area (Å²) in [5.41, 5.74) is 16.8. The van der Waals surface area contributed by atoms with Crippen molar-refractivity contribution in [3.8, 4) is 45.3 Å². The lowest BCUT2D eigenvalue weighted by Gasteiger charge is -2.42. The first-order valence-electron chi connectivity index (χ1n) is 47.7. The Bertz CT molecular complexity index is 6940. The van der Waals surface area contributed by atoms with E-state index in [1.54, 1.807) is 54.6 Å². The monoisotopic (exact) mass is 2020 g/mol. The molecule has 11 N–H and O–H groups in total. The fraction of sp³-hybridized carbons (Fsp3) is 0.447. The highest BCUT2D eigenvalue weighted by molar-refractivity contribution is 7.90. The van der Waals surface area contributed by atoms with Crippen LogP contribution < -0.4 is 60.3 Å². The van der Waals surface area contributed by atoms with Crippen molar-refractivity contribution in [2.45, 2.75) is 218 Å². The molecule has 6 aliphatic rings. The Hall–Kier alpha value is -12.5. The van der Waals surface area contributed by atoms with Gasteiger partial charge in [0, 0.05) is 116 Å². The van der Waals surface area contributed by atoms with Crippen LogP contribution in [0.1, 0.15) is 215 Å². The number of aliphatic hydroxyl groups is 1. The minimum atomic E-state index is -4.38. The molecule has 6 saturated heterocycles. The highest BCUT2D eigenvalue weighted by atomic mass is 32.2. The highest BCUT2D eigenvalue weighted by Gasteiger charge is 2.49. The molecule has 142 heavy (non-hydrogen) atoms. The molecule has 4 amide bonds. The quantitative estimate of drug-likeness (QED) is 0.0287. The largest absolute Gasteiger partial charge is 0.507 e. The lowest BCUT2D eigenvalue weighted by atomic mass is 9.75. The Labute approximate surface area is 834 Å². The number of aryl methyl sites for hydroxylation is 2. The Balaban J connectivity index is 0.000000170. The number of sulfonamides is 3. The molecule has 39 heteroatoms. The Morgan fingerprint density at radius 3 is 1.52 bits per heavy atom. The van der Waals surface area contributed by atoms with Crippen LogP contribution >= 0.6 is 0 Å². The van der Waals surface area contributed by atoms with E-state index in [1.807, 2.05) is 78.1 Å². The van der Waals surface area contributed by atoms with Gasteiger partial charge < -0.3 is 55.7 Å². The second kappa shape index (κ2) is 42.6. The number of hydrogen-bond acceptors (Lipinski definition) is 29. The molecule has 0 aliphatic carbocycles. The number of phenols is 1. The van der Waals surface area contributed by atoms with Gasteiger partial charge in [-0.3, -0.25) is 24.0 Å². The summed E-state index contributed by atoms with van der Waals surface area (Å²) in [4.78, 5) is 102. The van der Waals surface area contributed by atoms with Gasteiger partial charge in [0.1, 0.15) is 51.3 Å². The molecule has 6 fully saturated rings. The number of nitrogens with two attached hydrogens (primary N) is 2. The van der Waals surface area contributed by atoms with E-state index in [4.69, 9.17) is 40.9 Å². The first-order chi connectivity index (χ1) is 66.5. The molecule has 13 heterocycles. The van der Waals surface area contributed by atoms with E-state index in [0.717, 1.165) is 102 Å². The summed E-state index contributed by atoms with van der Waals surface area (Å²) in [6, 6.07) is 43.6. The Morgan fingerprint density at radius 1 is 0.535 bits per heavy atom. The van der Waals surface area contributed by atoms with Gasteiger partial charge in [-0.15, -0.1) is 0 Å². The van der Waals surface area contributed by atoms with Gasteiger partial charge in [0.2, 0.25) is 0 Å². The second-order valence-corrected chi connectivity index (χ2v) is 48.3. The molecule has 16 rings (SSSR count). The molecule has 6 aliphatic heterocycles. The first kappa shape index (κ1) is 107. The molecule has 7 aromatic heterocycles. The Morgan fingerprint density at radius 2 is 1.02 bits per heavy atom. The fourth-order valence-electron chi connectivity index (χ4n) is 19.9. The number of carbonyl (C=O) groups is 4. The topological polar surface area (TPSA) is 490 Å². The van der Waals surface area contributed by atoms with Crippen LogP contribution in [-0.2, 0) is 50.4 Å². The van der Waals surface area contributed by atoms with Gasteiger partial charge in [-0.2, -0.15) is 21.1 Å². The molecule has 0 saturated carbocycles. The number of aromatic hydroxyl groups is 1. The number of benzene rings is 3. The molecule has 0 radical (unpaired) electrons. The first-order valence-corrected chi connectivity index (χ1v) is 53.6. The van der Waals surface area contributed by atoms with Crippen LogP contribution in [0.5, 0.6) is 11.5 Å². The van der Waals surface area contributed by atoms with Crippen molar-refractivity contribution in [1.29, 1.82) is 0 Å². The predicted molar refractivity (Wildman–Crippen MR) is 551 cm³/mol. The molecule has 10 aromatic rings. The predicted octanol–water partition coefficient (Wildman–Crippen LogP) is 14.2. The number of ether oxygens (including phenoxy) is 2. The summed E-state index contributed by atoms with van der Waals surface area (Å²) in [5, 5.41) is 19.9. The van der Waals surface area contributed by atoms with Crippen LogP contribution in [0.4, 0.5) is 34.9 Å². The van der Waals surface area contributed by atoms with Crippen molar-refractivity contribution in [2.75, 3.05) is 90.2 Å². The molecular formula is C103H134N18O17S4. The number of amides is 4. The van der Waals surface area contributed by atoms with Gasteiger partial charge in [-0.05, 0) is 265 Å². The van der Waals surface area contributed by atoms with Crippen LogP contribution in [0, 0.1) is 49.4 Å². The average Bonchev–Trinajstić information content (AvgIpc) is 1.61. The zero-order chi connectivity index (χ0) is 103. The zero-order valence-corrected chi connectivity index (χ0v) is 87.0. The van der Waals surface area contributed by atoms with Gasteiger partial charge in [-0.1, -0.05) is 109 Å². The maximum Gasteiger partial charge on any atom is 0.304 e. The van der Waals surface area contributed by atoms with Crippen molar-refractivity contribution in [3.05, 3.63) is 220 Å². The molecule has 35 nitrogen and oxygen atoms in total. The number of rotatable bonds is 23. The van der Waals surface area contributed by atoms with Crippen molar-refractivity contribution in [2.24, 2.45) is 35.5 Å². The number of β-amino-alcohol motifs (C(OH)–C–C–N with tert-alkyl or cyclic N) is 1. The summed E-state index contributed by atoms with van der Waals surface area (Å²) in [7, 11) is -16.9. The number of phenolic OH excluding ortho intramolecular Hbond substituents is 1. The standard InChI is InChI=1S/C27H38N4O5S.C26H37N5O4S.C25H29N5O4S.C25H28N4O4S.H2/c1-18(2)17-36-22-8-6-7-20(13-22)24-10-9-23(25(28-24)31-15-19(3)14-27(31,4)5)26(33)29-37(34,35)30-12-11-21(32)16-30;1-25(2,3)20-10-9-18(24(32)30-36(33,34)22-8-6-7-21(27)29-22)23(28-20)31-14-11-19(26(31,4)5)17-12-15-35-16-13-17;1-15-7-10-20(31)18(12-15)19-9-8-17(23(28-19)30-14-16(2)13-25(30,3)4)24(32)29-35(33,34)21-6-5-11-27-22(21)26;1-16-7-5-8-18(13-16)20-11-10-19(22(27-20)29-15-17(2)14-25(29,3)4)23(30)28-34(32,33)21-9-6-12-26-24(21)31;/h6-10,13,18-19,21,32H,11-12,14-17H2,1-5H3,(H,29,33);6-10,17,19H,11-16H2,1-5H3,(H2,27,29)(H,30,32);5-12,16,31H,13-14H2,1-4H3,(H2,26,27)(H,29,32);5-13,17H,14-15H2,1-4H3,(H,26,31)(H,28,30);1H/t19-,21?;;16-;17-;/m0.00./s1. The number of nitrogen functional groups attached to an aromatic ring is 2. The number of aromatic amines is 1. The highest BCUT2D eigenvalue weighted by Crippen LogP contribution is 2.48. The smallest absolute Gasteiger partial charge is 0.304 e. The maximum absolute atomic E-state index is 13.4. The van der Waals surface area contributed by atoms with Crippen molar-refractivity contribution >= 4 is 98.8 Å². The van der Waals surface area contributed by atoms with Crippen molar-refractivity contribution in [3.63, 3.8) is 0 Å². The summed E-state index contributed by atoms with van der Waals surface area (Å²) in [5.74, 6) is 1.71. The number of nitrogens with zero attached hydrogens (tertiary/aromatic N) is 11. The average molecular weight is 2020 g/mol. The van der Waals surface area contributed by atoms with E-state index in [0.29, 0.717) is 114 Å². The van der Waals surface area contributed by atoms with Crippen LogP contribution in [0.15, 0.2) is 190 Å². The van der Waals surface area contributed by atoms with E-state index in [-0.39, 0.29) is 91.6 Å². The molecule has 0 bridgehead atoms. The van der Waals surface area contributed by atoms with Crippen LogP contribution in [-0.4, -0.2) is 194 Å². The van der Waals surface area contributed by atoms with Crippen LogP contribution in [0.3, 0.4) is 0 Å². The third kappa shape index (κ3) is 24.8. The number of pyridine rings is 7. The Kier molecular flexibility index (Phi) is 32.0. The lowest BCUT2D eigenvalue weighted by Crippen LogP contribution is -2.47. The number of carbonyl (C=O) groups excluding carboxylic acids is 4. The number of hydrogen-bond donors (Lipinski definition) is 9. The molecule has 762 valence electrons. The SMILES string of the molecule is CC(C)(C)c1ccc(C(=O)NS(=O)(=O)c2cccc(N)n2)c(N2CCC(C3CCOCC3)C2(C)C)n1.CC(C)COc1cccc(-c2ccc(C(=O)NS(=O)(=O)N3CCC(O)C3)c(N3C[C@@H](C)CC3(C)C)n2)c1.Cc1ccc(O)c(-c2ccc(C(=O)NS(=O)(=O)c3cccnc3N)c(N3C[C@@H](C)CC3(C)C)n2)c1.Cc1cccc(-c2ccc(C(=O)NS(=O)(=O)c3ccc[nH]c3=O)c(N3C[C@@H](C)CC3(C)C)n2)c1.[HH]. The molecule has 3 aromatic carbocycles. The number of H-pyrrole nitrogens is 1. The summed E-state index contributed by atoms with van der Waals surface area (Å²) >= 11 is 0. The normalized spacial score (nSPS) is 19.5. The van der Waals surface area contributed by atoms with Crippen LogP contribution in [0.25, 0.3) is 33.8 Å². The summed E-state index contributed by atoms with van der Waals surface area (Å²) in [6.45, 7) is 42.6. The fourth-order valence-corrected chi connectivity index (χ4v) is 24.1. The van der Waals surface area contributed by atoms with Gasteiger partial charge >= 0.3 is 10.2 Å². The van der Waals surface area contributed by atoms with E-state index < -0.39 is 80.5 Å². The zero-order valence-electron chi connectivity index (χ0n) is 83.7.